The fourth-order valence-electron chi connectivity index (χ4n) is 13.6. The molecule has 4 heterocycles. The monoisotopic (exact) mass is 1370 g/mol. The average Bonchev–Trinajstić information content (AvgIpc) is 1.62. The quantitative estimate of drug-likeness (QED) is 0.0394. The zero-order chi connectivity index (χ0) is 66.2. The van der Waals surface area contributed by atoms with E-state index in [1.807, 2.05) is 12.1 Å². The molecular weight excluding hydrogens is 1280 g/mol. The minimum absolute atomic E-state index is 0.000330. The lowest BCUT2D eigenvalue weighted by Crippen LogP contribution is -2.42. The molecule has 510 valence electrons. The Kier molecular flexibility index (Phi) is 25.5. The van der Waals surface area contributed by atoms with E-state index in [4.69, 9.17) is 42.1 Å². The van der Waals surface area contributed by atoms with Crippen LogP contribution in [0.3, 0.4) is 0 Å². The van der Waals surface area contributed by atoms with Gasteiger partial charge in [0.2, 0.25) is 20.0 Å². The summed E-state index contributed by atoms with van der Waals surface area (Å²) in [5, 5.41) is 32.1. The third-order valence-corrected chi connectivity index (χ3v) is 22.2. The Morgan fingerprint density at radius 3 is 1.34 bits per heavy atom. The number of amides is 4. The van der Waals surface area contributed by atoms with Crippen LogP contribution in [-0.4, -0.2) is 241 Å². The van der Waals surface area contributed by atoms with Crippen LogP contribution in [-0.2, 0) is 42.4 Å². The van der Waals surface area contributed by atoms with Gasteiger partial charge in [-0.2, -0.15) is 10.5 Å². The van der Waals surface area contributed by atoms with Gasteiger partial charge in [0.1, 0.15) is 23.7 Å². The van der Waals surface area contributed by atoms with Crippen molar-refractivity contribution >= 4 is 55.3 Å². The van der Waals surface area contributed by atoms with E-state index in [9.17, 15) is 36.9 Å². The maximum atomic E-state index is 13.5. The smallest absolute Gasteiger partial charge is 0.314 e. The number of hydrogen-bond donors (Lipinski definition) is 6. The maximum absolute atomic E-state index is 13.5. The lowest BCUT2D eigenvalue weighted by atomic mass is 10.0. The molecule has 4 aromatic carbocycles. The number of likely N-dealkylation sites (tertiary alicyclic amines) is 2. The van der Waals surface area contributed by atoms with Gasteiger partial charge in [0, 0.05) is 101 Å². The molecule has 0 radical (unpaired) electrons. The number of nitrogens with zero attached hydrogens (tertiary/aromatic N) is 8. The highest BCUT2D eigenvalue weighted by Gasteiger charge is 2.42. The Morgan fingerprint density at radius 2 is 0.936 bits per heavy atom. The van der Waals surface area contributed by atoms with Gasteiger partial charge in [0.25, 0.3) is 0 Å². The second kappa shape index (κ2) is 33.8. The van der Waals surface area contributed by atoms with E-state index in [0.717, 1.165) is 87.5 Å². The van der Waals surface area contributed by atoms with Gasteiger partial charge in [0.05, 0.1) is 71.6 Å². The molecule has 0 unspecified atom stereocenters. The first-order valence-corrected chi connectivity index (χ1v) is 36.7. The number of urea groups is 2. The van der Waals surface area contributed by atoms with Crippen LogP contribution in [0.25, 0.3) is 0 Å². The number of benzene rings is 4. The number of carbonyl (C=O) groups excluding carboxylic acids is 2. The van der Waals surface area contributed by atoms with Gasteiger partial charge in [-0.3, -0.25) is 19.6 Å². The van der Waals surface area contributed by atoms with Crippen LogP contribution in [0.15, 0.2) is 82.6 Å². The van der Waals surface area contributed by atoms with Gasteiger partial charge in [-0.05, 0) is 200 Å². The Bertz CT molecular complexity index is 3300. The molecule has 0 bridgehead atoms. The van der Waals surface area contributed by atoms with Crippen LogP contribution in [0.1, 0.15) is 84.1 Å². The van der Waals surface area contributed by atoms with Crippen LogP contribution in [0.4, 0.5) is 9.59 Å². The van der Waals surface area contributed by atoms with E-state index in [1.165, 1.54) is 0 Å². The number of nitrogens with one attached hydrogen (secondary N) is 6. The normalized spacial score (nSPS) is 22.6. The largest absolute Gasteiger partial charge is 0.484 e. The highest BCUT2D eigenvalue weighted by molar-refractivity contribution is 7.89. The van der Waals surface area contributed by atoms with E-state index in [-0.39, 0.29) is 58.2 Å². The van der Waals surface area contributed by atoms with E-state index >= 15 is 0 Å². The van der Waals surface area contributed by atoms with Crippen molar-refractivity contribution in [3.63, 3.8) is 0 Å². The predicted molar refractivity (Wildman–Crippen MR) is 358 cm³/mol. The number of rotatable bonds is 29. The molecule has 4 amide bonds. The molecule has 0 spiro atoms. The minimum atomic E-state index is -3.81. The summed E-state index contributed by atoms with van der Waals surface area (Å²) in [6, 6.07) is 23.7. The summed E-state index contributed by atoms with van der Waals surface area (Å²) in [5.41, 5.74) is 4.81. The Morgan fingerprint density at radius 1 is 0.532 bits per heavy atom. The average molecular weight is 1370 g/mol. The topological polar surface area (TPSA) is 279 Å². The van der Waals surface area contributed by atoms with E-state index < -0.39 is 20.0 Å². The lowest BCUT2D eigenvalue weighted by molar-refractivity contribution is 0.0804. The van der Waals surface area contributed by atoms with Gasteiger partial charge in [-0.1, -0.05) is 23.2 Å². The Balaban J connectivity index is 0.528. The molecule has 6 atom stereocenters. The van der Waals surface area contributed by atoms with Crippen molar-refractivity contribution in [2.45, 2.75) is 97.5 Å². The molecule has 94 heavy (non-hydrogen) atoms. The predicted octanol–water partition coefficient (Wildman–Crippen LogP) is 4.92. The molecule has 4 aromatic rings. The molecule has 0 aromatic heterocycles. The summed E-state index contributed by atoms with van der Waals surface area (Å²) in [6.45, 7) is 14.2. The van der Waals surface area contributed by atoms with Crippen molar-refractivity contribution in [3.05, 3.63) is 116 Å². The van der Waals surface area contributed by atoms with Crippen molar-refractivity contribution in [1.82, 2.24) is 60.1 Å². The summed E-state index contributed by atoms with van der Waals surface area (Å²) >= 11 is 13.0. The van der Waals surface area contributed by atoms with E-state index in [2.05, 4.69) is 86.3 Å². The standard InChI is InChI=1S/C66H90Cl2N14O10S2/c1-77-21-5-23-81(29-27-77)61-41-57-47(43-69)37-49(67)39-59(57)63(61)91-53-7-11-55(12-8-53)93(85,86)75-51-15-25-79(45-51)31-35-89-33-19-73-65(83)71-17-3-4-18-72-66(84)74-20-34-90-36-32-80-26-16-52(46-80)76-94(87,88)56-13-9-54(10-14-56)92-64-60-40-50(68)38-48(44-70)58(60)42-62(64)82-24-6-22-78(2)28-30-82/h7-14,37-40,51-52,61-64,75-76H,3-6,15-36,41-42,45-46H2,1-2H3,(H2,71,73,83)(H2,72,74,84)/t51-,52-,61+,62+,63+,64+/m1/s1. The first-order chi connectivity index (χ1) is 45.4. The molecule has 4 saturated heterocycles. The minimum Gasteiger partial charge on any atom is -0.484 e. The second-order valence-electron chi connectivity index (χ2n) is 25.3. The fourth-order valence-corrected chi connectivity index (χ4v) is 16.6. The molecule has 24 nitrogen and oxygen atoms in total. The maximum Gasteiger partial charge on any atom is 0.314 e. The molecule has 10 rings (SSSR count). The van der Waals surface area contributed by atoms with Gasteiger partial charge in [-0.25, -0.2) is 35.9 Å². The molecular formula is C66H90Cl2N14O10S2. The number of hydrogen-bond acceptors (Lipinski definition) is 18. The summed E-state index contributed by atoms with van der Waals surface area (Å²) in [6.07, 6.45) is 5.27. The molecule has 28 heteroatoms. The molecule has 6 N–H and O–H groups in total. The van der Waals surface area contributed by atoms with Crippen molar-refractivity contribution < 1.29 is 45.4 Å². The third-order valence-electron chi connectivity index (χ3n) is 18.6. The van der Waals surface area contributed by atoms with Crippen LogP contribution < -0.4 is 40.2 Å². The first kappa shape index (κ1) is 70.9. The van der Waals surface area contributed by atoms with Gasteiger partial charge >= 0.3 is 12.1 Å². The van der Waals surface area contributed by atoms with E-state index in [0.29, 0.717) is 163 Å². The van der Waals surface area contributed by atoms with Crippen LogP contribution >= 0.6 is 23.2 Å². The van der Waals surface area contributed by atoms with Gasteiger partial charge in [-0.15, -0.1) is 0 Å². The molecule has 6 aliphatic rings. The second-order valence-corrected chi connectivity index (χ2v) is 29.6. The zero-order valence-corrected chi connectivity index (χ0v) is 57.0. The third kappa shape index (κ3) is 19.4. The SMILES string of the molecule is CN1CCCN([C@H]2Cc3c(C#N)cc(Cl)cc3[C@@H]2Oc2ccc(S(=O)(=O)N[C@@H]3CCN(CCOCCNC(=O)NCCCCNC(=O)NCCOCCN4CC[C@@H](NS(=O)(=O)c5ccc(O[C@H]6c7cc(Cl)cc(C#N)c7C[C@@H]6N6CCCN(C)CC6)cc5)C4)C3)cc2)CC1. The molecule has 2 aliphatic carbocycles. The van der Waals surface area contributed by atoms with Crippen molar-refractivity contribution in [3.8, 4) is 23.6 Å². The summed E-state index contributed by atoms with van der Waals surface area (Å²) in [4.78, 5) is 38.8. The van der Waals surface area contributed by atoms with Crippen molar-refractivity contribution in [2.75, 3.05) is 158 Å². The van der Waals surface area contributed by atoms with Crippen LogP contribution in [0, 0.1) is 22.7 Å². The van der Waals surface area contributed by atoms with Crippen molar-refractivity contribution in [1.29, 1.82) is 10.5 Å². The number of fused-ring (bicyclic) bond motifs is 2. The molecule has 4 aliphatic heterocycles. The number of nitriles is 2. The highest BCUT2D eigenvalue weighted by Crippen LogP contribution is 2.43. The highest BCUT2D eigenvalue weighted by atomic mass is 35.5. The summed E-state index contributed by atoms with van der Waals surface area (Å²) in [7, 11) is -3.37. The summed E-state index contributed by atoms with van der Waals surface area (Å²) < 4.78 is 84.8. The number of halogens is 2. The van der Waals surface area contributed by atoms with Gasteiger partial charge < -0.3 is 50.0 Å². The fraction of sp³-hybridized carbons (Fsp3) is 0.576. The van der Waals surface area contributed by atoms with Crippen molar-refractivity contribution in [2.24, 2.45) is 0 Å². The van der Waals surface area contributed by atoms with E-state index in [1.54, 1.807) is 60.7 Å². The number of ether oxygens (including phenoxy) is 4. The number of unbranched alkanes of at least 4 members (excludes halogenated alkanes) is 1. The first-order valence-electron chi connectivity index (χ1n) is 32.9. The van der Waals surface area contributed by atoms with Crippen LogP contribution in [0.2, 0.25) is 10.0 Å². The number of likely N-dealkylation sites (N-methyl/N-ethyl adjacent to an activating group) is 2. The Hall–Kier alpha value is -5.92. The van der Waals surface area contributed by atoms with Gasteiger partial charge in [0.15, 0.2) is 0 Å². The summed E-state index contributed by atoms with van der Waals surface area (Å²) in [5.74, 6) is 1.07. The number of sulfonamides is 2. The lowest BCUT2D eigenvalue weighted by Gasteiger charge is -2.32. The Labute approximate surface area is 563 Å². The molecule has 0 saturated carbocycles. The zero-order valence-electron chi connectivity index (χ0n) is 53.8. The molecule has 4 fully saturated rings. The van der Waals surface area contributed by atoms with Crippen LogP contribution in [0.5, 0.6) is 11.5 Å². The number of carbonyl (C=O) groups is 2.